The minimum atomic E-state index is -0.924. The molecule has 3 N–H and O–H groups in total. The van der Waals surface area contributed by atoms with Crippen LogP contribution < -0.4 is 10.6 Å². The van der Waals surface area contributed by atoms with E-state index in [4.69, 9.17) is 5.11 Å². The Morgan fingerprint density at radius 3 is 2.55 bits per heavy atom. The van der Waals surface area contributed by atoms with Crippen LogP contribution in [0.1, 0.15) is 22.8 Å². The van der Waals surface area contributed by atoms with Gasteiger partial charge in [0, 0.05) is 13.1 Å². The first-order chi connectivity index (χ1) is 9.58. The van der Waals surface area contributed by atoms with Gasteiger partial charge in [0.25, 0.3) is 0 Å². The zero-order chi connectivity index (χ0) is 14.5. The van der Waals surface area contributed by atoms with E-state index < -0.39 is 5.97 Å². The lowest BCUT2D eigenvalue weighted by Gasteiger charge is -2.14. The predicted octanol–water partition coefficient (Wildman–Crippen LogP) is 0.899. The number of hydrogen-bond acceptors (Lipinski definition) is 3. The normalized spacial score (nSPS) is 21.6. The molecule has 0 saturated carbocycles. The molecule has 1 fully saturated rings. The third-order valence-electron chi connectivity index (χ3n) is 3.77. The molecule has 1 heterocycles. The summed E-state index contributed by atoms with van der Waals surface area (Å²) in [5, 5.41) is 15.0. The molecule has 1 saturated heterocycles. The van der Waals surface area contributed by atoms with E-state index in [9.17, 15) is 9.59 Å². The number of amides is 1. The summed E-state index contributed by atoms with van der Waals surface area (Å²) in [6.45, 7) is 4.30. The first-order valence-electron chi connectivity index (χ1n) is 6.88. The van der Waals surface area contributed by atoms with Gasteiger partial charge < -0.3 is 15.7 Å². The van der Waals surface area contributed by atoms with E-state index in [-0.39, 0.29) is 17.4 Å². The Labute approximate surface area is 118 Å². The molecule has 0 radical (unpaired) electrons. The second kappa shape index (κ2) is 6.52. The van der Waals surface area contributed by atoms with Crippen LogP contribution in [0.15, 0.2) is 24.3 Å². The highest BCUT2D eigenvalue weighted by molar-refractivity contribution is 5.87. The molecule has 0 aliphatic carbocycles. The van der Waals surface area contributed by atoms with Gasteiger partial charge in [-0.15, -0.1) is 0 Å². The van der Waals surface area contributed by atoms with Gasteiger partial charge in [0.1, 0.15) is 0 Å². The Balaban J connectivity index is 1.78. The number of aromatic carboxylic acids is 1. The summed E-state index contributed by atoms with van der Waals surface area (Å²) in [5.74, 6) is -0.383. The number of nitrogens with one attached hydrogen (secondary N) is 2. The van der Waals surface area contributed by atoms with Gasteiger partial charge >= 0.3 is 5.97 Å². The van der Waals surface area contributed by atoms with Crippen molar-refractivity contribution < 1.29 is 14.7 Å². The Hall–Kier alpha value is -1.88. The van der Waals surface area contributed by atoms with Crippen molar-refractivity contribution in [3.63, 3.8) is 0 Å². The van der Waals surface area contributed by atoms with Gasteiger partial charge in [-0.05, 0) is 36.6 Å². The fraction of sp³-hybridized carbons (Fsp3) is 0.467. The van der Waals surface area contributed by atoms with Crippen LogP contribution in [0.3, 0.4) is 0 Å². The van der Waals surface area contributed by atoms with Crippen LogP contribution in [0.5, 0.6) is 0 Å². The topological polar surface area (TPSA) is 78.4 Å². The average molecular weight is 276 g/mol. The number of carboxylic acid groups (broad SMARTS) is 1. The van der Waals surface area contributed by atoms with Crippen molar-refractivity contribution in [3.8, 4) is 0 Å². The van der Waals surface area contributed by atoms with Crippen molar-refractivity contribution >= 4 is 11.9 Å². The van der Waals surface area contributed by atoms with Crippen LogP contribution in [0.25, 0.3) is 0 Å². The van der Waals surface area contributed by atoms with E-state index in [0.717, 1.165) is 18.7 Å². The Kier molecular flexibility index (Phi) is 4.74. The van der Waals surface area contributed by atoms with Crippen molar-refractivity contribution in [3.05, 3.63) is 35.4 Å². The molecule has 1 aromatic carbocycles. The van der Waals surface area contributed by atoms with Crippen molar-refractivity contribution in [1.29, 1.82) is 0 Å². The van der Waals surface area contributed by atoms with Crippen molar-refractivity contribution in [2.45, 2.75) is 13.3 Å². The SMILES string of the molecule is C[C@@H]1CNC[C@H]1C(=O)NCCc1ccc(C(=O)O)cc1. The van der Waals surface area contributed by atoms with Gasteiger partial charge in [0.05, 0.1) is 11.5 Å². The molecule has 2 atom stereocenters. The molecule has 2 rings (SSSR count). The van der Waals surface area contributed by atoms with Crippen molar-refractivity contribution in [2.75, 3.05) is 19.6 Å². The zero-order valence-corrected chi connectivity index (χ0v) is 11.6. The minimum absolute atomic E-state index is 0.0596. The summed E-state index contributed by atoms with van der Waals surface area (Å²) in [4.78, 5) is 22.7. The molecule has 1 aliphatic heterocycles. The first-order valence-corrected chi connectivity index (χ1v) is 6.88. The lowest BCUT2D eigenvalue weighted by Crippen LogP contribution is -2.35. The van der Waals surface area contributed by atoms with Crippen molar-refractivity contribution in [2.24, 2.45) is 11.8 Å². The molecule has 0 bridgehead atoms. The Morgan fingerprint density at radius 1 is 1.30 bits per heavy atom. The highest BCUT2D eigenvalue weighted by Gasteiger charge is 2.28. The Morgan fingerprint density at radius 2 is 2.00 bits per heavy atom. The van der Waals surface area contributed by atoms with Crippen LogP contribution in [0, 0.1) is 11.8 Å². The van der Waals surface area contributed by atoms with Crippen LogP contribution in [-0.2, 0) is 11.2 Å². The zero-order valence-electron chi connectivity index (χ0n) is 11.6. The largest absolute Gasteiger partial charge is 0.478 e. The minimum Gasteiger partial charge on any atom is -0.478 e. The summed E-state index contributed by atoms with van der Waals surface area (Å²) >= 11 is 0. The standard InChI is InChI=1S/C15H20N2O3/c1-10-8-16-9-13(10)14(18)17-7-6-11-2-4-12(5-3-11)15(19)20/h2-5,10,13,16H,6-9H2,1H3,(H,17,18)(H,19,20)/t10-,13-/m1/s1. The Bertz CT molecular complexity index is 484. The number of carbonyl (C=O) groups excluding carboxylic acids is 1. The summed E-state index contributed by atoms with van der Waals surface area (Å²) < 4.78 is 0. The van der Waals surface area contributed by atoms with Gasteiger partial charge in [-0.3, -0.25) is 4.79 Å². The molecule has 5 nitrogen and oxygen atoms in total. The first kappa shape index (κ1) is 14.5. The van der Waals surface area contributed by atoms with Gasteiger partial charge in [-0.2, -0.15) is 0 Å². The van der Waals surface area contributed by atoms with Gasteiger partial charge in [0.15, 0.2) is 0 Å². The molecular weight excluding hydrogens is 256 g/mol. The molecule has 20 heavy (non-hydrogen) atoms. The van der Waals surface area contributed by atoms with Crippen molar-refractivity contribution in [1.82, 2.24) is 10.6 Å². The maximum atomic E-state index is 12.0. The molecular formula is C15H20N2O3. The van der Waals surface area contributed by atoms with Crippen LogP contribution in [-0.4, -0.2) is 36.6 Å². The van der Waals surface area contributed by atoms with E-state index in [1.54, 1.807) is 24.3 Å². The number of carbonyl (C=O) groups is 2. The number of rotatable bonds is 5. The second-order valence-electron chi connectivity index (χ2n) is 5.29. The fourth-order valence-corrected chi connectivity index (χ4v) is 2.44. The van der Waals surface area contributed by atoms with Crippen LogP contribution in [0.4, 0.5) is 0 Å². The average Bonchev–Trinajstić information content (AvgIpc) is 2.85. The molecule has 0 aromatic heterocycles. The predicted molar refractivity (Wildman–Crippen MR) is 75.6 cm³/mol. The number of carboxylic acids is 1. The summed E-state index contributed by atoms with van der Waals surface area (Å²) in [6.07, 6.45) is 0.709. The number of hydrogen-bond donors (Lipinski definition) is 3. The monoisotopic (exact) mass is 276 g/mol. The molecule has 1 aromatic rings. The molecule has 1 amide bonds. The summed E-state index contributed by atoms with van der Waals surface area (Å²) in [5.41, 5.74) is 1.30. The molecule has 5 heteroatoms. The van der Waals surface area contributed by atoms with Gasteiger partial charge in [-0.1, -0.05) is 19.1 Å². The van der Waals surface area contributed by atoms with E-state index in [0.29, 0.717) is 18.9 Å². The maximum Gasteiger partial charge on any atom is 0.335 e. The molecule has 1 aliphatic rings. The van der Waals surface area contributed by atoms with Gasteiger partial charge in [0.2, 0.25) is 5.91 Å². The quantitative estimate of drug-likeness (QED) is 0.746. The maximum absolute atomic E-state index is 12.0. The van der Waals surface area contributed by atoms with Gasteiger partial charge in [-0.25, -0.2) is 4.79 Å². The highest BCUT2D eigenvalue weighted by atomic mass is 16.4. The van der Waals surface area contributed by atoms with E-state index in [1.165, 1.54) is 0 Å². The number of benzene rings is 1. The third-order valence-corrected chi connectivity index (χ3v) is 3.77. The molecule has 0 spiro atoms. The summed E-state index contributed by atoms with van der Waals surface area (Å²) in [7, 11) is 0. The van der Waals surface area contributed by atoms with E-state index in [2.05, 4.69) is 17.6 Å². The third kappa shape index (κ3) is 3.57. The van der Waals surface area contributed by atoms with E-state index in [1.807, 2.05) is 0 Å². The highest BCUT2D eigenvalue weighted by Crippen LogP contribution is 2.15. The second-order valence-corrected chi connectivity index (χ2v) is 5.29. The smallest absolute Gasteiger partial charge is 0.335 e. The molecule has 0 unspecified atom stereocenters. The van der Waals surface area contributed by atoms with Crippen LogP contribution >= 0.6 is 0 Å². The lowest BCUT2D eigenvalue weighted by molar-refractivity contribution is -0.125. The molecule has 108 valence electrons. The lowest BCUT2D eigenvalue weighted by atomic mass is 9.97. The fourth-order valence-electron chi connectivity index (χ4n) is 2.44. The van der Waals surface area contributed by atoms with Crippen LogP contribution in [0.2, 0.25) is 0 Å². The summed E-state index contributed by atoms with van der Waals surface area (Å²) in [6, 6.07) is 6.75. The van der Waals surface area contributed by atoms with E-state index >= 15 is 0 Å².